The van der Waals surface area contributed by atoms with Crippen molar-refractivity contribution in [2.45, 2.75) is 12.8 Å². The largest absolute Gasteiger partial charge is 0.356 e. The first-order chi connectivity index (χ1) is 14.4. The number of nitrogens with zero attached hydrogens (tertiary/aromatic N) is 3. The summed E-state index contributed by atoms with van der Waals surface area (Å²) < 4.78 is 0. The van der Waals surface area contributed by atoms with Gasteiger partial charge in [0.15, 0.2) is 5.96 Å². The molecule has 0 unspecified atom stereocenters. The van der Waals surface area contributed by atoms with E-state index in [1.54, 1.807) is 44.4 Å². The van der Waals surface area contributed by atoms with Crippen molar-refractivity contribution < 1.29 is 9.59 Å². The van der Waals surface area contributed by atoms with E-state index < -0.39 is 0 Å². The predicted octanol–water partition coefficient (Wildman–Crippen LogP) is 2.48. The van der Waals surface area contributed by atoms with Crippen molar-refractivity contribution in [2.75, 3.05) is 47.8 Å². The minimum Gasteiger partial charge on any atom is -0.356 e. The summed E-state index contributed by atoms with van der Waals surface area (Å²) in [7, 11) is 6.93. The second kappa shape index (κ2) is 14.0. The lowest BCUT2D eigenvalue weighted by Gasteiger charge is -2.14. The average Bonchev–Trinajstić information content (AvgIpc) is 3.24. The molecule has 2 aromatic rings. The van der Waals surface area contributed by atoms with Gasteiger partial charge in [-0.1, -0.05) is 18.2 Å². The Bertz CT molecular complexity index is 853. The van der Waals surface area contributed by atoms with Crippen molar-refractivity contribution >= 4 is 53.1 Å². The van der Waals surface area contributed by atoms with E-state index >= 15 is 0 Å². The molecule has 0 saturated carbocycles. The number of hydrogen-bond donors (Lipinski definition) is 2. The molecule has 0 radical (unpaired) electrons. The molecule has 0 saturated heterocycles. The Morgan fingerprint density at radius 1 is 0.968 bits per heavy atom. The fourth-order valence-corrected chi connectivity index (χ4v) is 3.37. The lowest BCUT2D eigenvalue weighted by atomic mass is 10.1. The van der Waals surface area contributed by atoms with Crippen LogP contribution in [0.2, 0.25) is 0 Å². The van der Waals surface area contributed by atoms with E-state index in [-0.39, 0.29) is 42.3 Å². The fourth-order valence-electron chi connectivity index (χ4n) is 2.66. The minimum atomic E-state index is -0.0516. The number of halogens is 1. The lowest BCUT2D eigenvalue weighted by Crippen LogP contribution is -2.40. The standard InChI is InChI=1S/C22H31N5O2S.HI/c1-26(2)20(28)16-25-22(24-13-11-19-9-6-14-30-19)23-12-10-17-7-5-8-18(15-17)21(29)27(3)4;/h5-9,14-15H,10-13,16H2,1-4H3,(H2,23,24,25);1H. The number of nitrogens with one attached hydrogen (secondary N) is 2. The highest BCUT2D eigenvalue weighted by atomic mass is 127. The smallest absolute Gasteiger partial charge is 0.253 e. The van der Waals surface area contributed by atoms with Gasteiger partial charge >= 0.3 is 0 Å². The van der Waals surface area contributed by atoms with Crippen molar-refractivity contribution in [3.8, 4) is 0 Å². The molecule has 0 atom stereocenters. The van der Waals surface area contributed by atoms with Crippen LogP contribution in [0.5, 0.6) is 0 Å². The van der Waals surface area contributed by atoms with Gasteiger partial charge in [0, 0.05) is 51.7 Å². The maximum Gasteiger partial charge on any atom is 0.253 e. The van der Waals surface area contributed by atoms with Gasteiger partial charge in [0.1, 0.15) is 6.54 Å². The summed E-state index contributed by atoms with van der Waals surface area (Å²) in [5.41, 5.74) is 1.74. The number of hydrogen-bond acceptors (Lipinski definition) is 4. The quantitative estimate of drug-likeness (QED) is 0.282. The van der Waals surface area contributed by atoms with Gasteiger partial charge in [-0.2, -0.15) is 0 Å². The molecule has 2 amide bonds. The highest BCUT2D eigenvalue weighted by molar-refractivity contribution is 14.0. The SMILES string of the molecule is CN(C)C(=O)CN=C(NCCc1cccc(C(=O)N(C)C)c1)NCCc1cccs1.I. The number of aliphatic imine (C=N–C) groups is 1. The van der Waals surface area contributed by atoms with Gasteiger partial charge in [-0.25, -0.2) is 4.99 Å². The van der Waals surface area contributed by atoms with Crippen molar-refractivity contribution in [2.24, 2.45) is 4.99 Å². The van der Waals surface area contributed by atoms with Gasteiger partial charge in [0.25, 0.3) is 5.91 Å². The Hall–Kier alpha value is -2.14. The highest BCUT2D eigenvalue weighted by Gasteiger charge is 2.09. The zero-order chi connectivity index (χ0) is 21.9. The molecule has 1 aromatic carbocycles. The number of likely N-dealkylation sites (N-methyl/N-ethyl adjacent to an activating group) is 1. The second-order valence-electron chi connectivity index (χ2n) is 7.29. The first-order valence-electron chi connectivity index (χ1n) is 9.92. The number of rotatable bonds is 9. The third kappa shape index (κ3) is 9.69. The zero-order valence-electron chi connectivity index (χ0n) is 18.6. The molecular formula is C22H32IN5O2S. The van der Waals surface area contributed by atoms with Crippen LogP contribution >= 0.6 is 35.3 Å². The molecular weight excluding hydrogens is 525 g/mol. The van der Waals surface area contributed by atoms with E-state index in [0.29, 0.717) is 18.1 Å². The lowest BCUT2D eigenvalue weighted by molar-refractivity contribution is -0.127. The summed E-state index contributed by atoms with van der Waals surface area (Å²) in [5.74, 6) is 0.552. The predicted molar refractivity (Wildman–Crippen MR) is 139 cm³/mol. The molecule has 0 aliphatic carbocycles. The van der Waals surface area contributed by atoms with Crippen molar-refractivity contribution in [1.29, 1.82) is 0 Å². The van der Waals surface area contributed by atoms with Crippen LogP contribution in [0.3, 0.4) is 0 Å². The van der Waals surface area contributed by atoms with Crippen molar-refractivity contribution in [3.05, 3.63) is 57.8 Å². The molecule has 0 aliphatic heterocycles. The molecule has 0 bridgehead atoms. The third-order valence-corrected chi connectivity index (χ3v) is 5.34. The molecule has 0 fully saturated rings. The molecule has 1 heterocycles. The van der Waals surface area contributed by atoms with Gasteiger partial charge < -0.3 is 20.4 Å². The van der Waals surface area contributed by atoms with Crippen LogP contribution in [0.4, 0.5) is 0 Å². The maximum atomic E-state index is 12.1. The third-order valence-electron chi connectivity index (χ3n) is 4.40. The van der Waals surface area contributed by atoms with Gasteiger partial charge in [-0.05, 0) is 42.0 Å². The molecule has 2 N–H and O–H groups in total. The molecule has 170 valence electrons. The summed E-state index contributed by atoms with van der Waals surface area (Å²) in [4.78, 5) is 32.8. The van der Waals surface area contributed by atoms with Crippen LogP contribution < -0.4 is 10.6 Å². The van der Waals surface area contributed by atoms with Gasteiger partial charge in [-0.3, -0.25) is 9.59 Å². The minimum absolute atomic E-state index is 0. The van der Waals surface area contributed by atoms with E-state index in [4.69, 9.17) is 0 Å². The molecule has 9 heteroatoms. The number of thiophene rings is 1. The number of amides is 2. The average molecular weight is 558 g/mol. The van der Waals surface area contributed by atoms with Crippen LogP contribution in [0, 0.1) is 0 Å². The van der Waals surface area contributed by atoms with Gasteiger partial charge in [0.2, 0.25) is 5.91 Å². The van der Waals surface area contributed by atoms with E-state index in [0.717, 1.165) is 24.9 Å². The summed E-state index contributed by atoms with van der Waals surface area (Å²) in [6.45, 7) is 1.46. The van der Waals surface area contributed by atoms with Crippen LogP contribution in [0.15, 0.2) is 46.8 Å². The Labute approximate surface area is 205 Å². The normalized spacial score (nSPS) is 10.8. The molecule has 0 aliphatic rings. The van der Waals surface area contributed by atoms with Crippen LogP contribution in [-0.4, -0.2) is 75.4 Å². The first-order valence-corrected chi connectivity index (χ1v) is 10.8. The van der Waals surface area contributed by atoms with Crippen LogP contribution in [0.25, 0.3) is 0 Å². The molecule has 2 rings (SSSR count). The van der Waals surface area contributed by atoms with Crippen molar-refractivity contribution in [1.82, 2.24) is 20.4 Å². The van der Waals surface area contributed by atoms with E-state index in [9.17, 15) is 9.59 Å². The van der Waals surface area contributed by atoms with Crippen LogP contribution in [-0.2, 0) is 17.6 Å². The fraction of sp³-hybridized carbons (Fsp3) is 0.409. The molecule has 7 nitrogen and oxygen atoms in total. The number of carbonyl (C=O) groups excluding carboxylic acids is 2. The summed E-state index contributed by atoms with van der Waals surface area (Å²) in [6, 6.07) is 11.8. The summed E-state index contributed by atoms with van der Waals surface area (Å²) in [5, 5.41) is 8.65. The van der Waals surface area contributed by atoms with Gasteiger partial charge in [0.05, 0.1) is 0 Å². The van der Waals surface area contributed by atoms with Gasteiger partial charge in [-0.15, -0.1) is 35.3 Å². The topological polar surface area (TPSA) is 77.0 Å². The Kier molecular flexibility index (Phi) is 12.2. The van der Waals surface area contributed by atoms with E-state index in [2.05, 4.69) is 27.1 Å². The second-order valence-corrected chi connectivity index (χ2v) is 8.32. The Morgan fingerprint density at radius 3 is 2.29 bits per heavy atom. The summed E-state index contributed by atoms with van der Waals surface area (Å²) in [6.07, 6.45) is 1.64. The molecule has 1 aromatic heterocycles. The zero-order valence-corrected chi connectivity index (χ0v) is 21.7. The van der Waals surface area contributed by atoms with Crippen LogP contribution in [0.1, 0.15) is 20.8 Å². The molecule has 0 spiro atoms. The number of carbonyl (C=O) groups is 2. The van der Waals surface area contributed by atoms with E-state index in [1.807, 2.05) is 30.3 Å². The molecule has 31 heavy (non-hydrogen) atoms. The number of benzene rings is 1. The monoisotopic (exact) mass is 557 g/mol. The Balaban J connectivity index is 0.00000480. The number of guanidine groups is 1. The van der Waals surface area contributed by atoms with E-state index in [1.165, 1.54) is 9.78 Å². The Morgan fingerprint density at radius 2 is 1.68 bits per heavy atom. The maximum absolute atomic E-state index is 12.1. The van der Waals surface area contributed by atoms with Crippen molar-refractivity contribution in [3.63, 3.8) is 0 Å². The highest BCUT2D eigenvalue weighted by Crippen LogP contribution is 2.09. The summed E-state index contributed by atoms with van der Waals surface area (Å²) >= 11 is 1.73. The first kappa shape index (κ1) is 26.9.